The summed E-state index contributed by atoms with van der Waals surface area (Å²) in [5.41, 5.74) is 4.28. The van der Waals surface area contributed by atoms with Crippen molar-refractivity contribution >= 4 is 5.91 Å². The lowest BCUT2D eigenvalue weighted by Crippen LogP contribution is -2.34. The molecule has 0 spiro atoms. The van der Waals surface area contributed by atoms with Crippen molar-refractivity contribution in [2.75, 3.05) is 27.2 Å². The summed E-state index contributed by atoms with van der Waals surface area (Å²) in [7, 11) is 4.16. The first-order valence-corrected chi connectivity index (χ1v) is 9.71. The third kappa shape index (κ3) is 3.99. The fourth-order valence-corrected chi connectivity index (χ4v) is 3.73. The Kier molecular flexibility index (Phi) is 5.26. The van der Waals surface area contributed by atoms with E-state index < -0.39 is 0 Å². The fourth-order valence-electron chi connectivity index (χ4n) is 3.73. The molecule has 28 heavy (non-hydrogen) atoms. The second-order valence-electron chi connectivity index (χ2n) is 7.67. The predicted molar refractivity (Wildman–Crippen MR) is 111 cm³/mol. The number of likely N-dealkylation sites (tertiary alicyclic amines) is 1. The maximum absolute atomic E-state index is 12.8. The normalized spacial score (nSPS) is 16.7. The molecule has 5 nitrogen and oxygen atoms in total. The molecule has 1 amide bonds. The Morgan fingerprint density at radius 2 is 1.75 bits per heavy atom. The van der Waals surface area contributed by atoms with E-state index in [0.29, 0.717) is 6.04 Å². The molecule has 3 aromatic rings. The number of nitrogens with zero attached hydrogens (tertiary/aromatic N) is 4. The lowest BCUT2D eigenvalue weighted by atomic mass is 10.0. The van der Waals surface area contributed by atoms with Crippen molar-refractivity contribution < 1.29 is 4.79 Å². The van der Waals surface area contributed by atoms with Gasteiger partial charge in [-0.15, -0.1) is 0 Å². The topological polar surface area (TPSA) is 41.4 Å². The molecule has 0 unspecified atom stereocenters. The van der Waals surface area contributed by atoms with E-state index >= 15 is 0 Å². The second-order valence-corrected chi connectivity index (χ2v) is 7.67. The summed E-state index contributed by atoms with van der Waals surface area (Å²) >= 11 is 0. The molecule has 1 aliphatic rings. The molecule has 0 saturated carbocycles. The summed E-state index contributed by atoms with van der Waals surface area (Å²) in [6, 6.07) is 17.0. The van der Waals surface area contributed by atoms with Gasteiger partial charge in [0.1, 0.15) is 0 Å². The lowest BCUT2D eigenvalue weighted by Gasteiger charge is -2.20. The van der Waals surface area contributed by atoms with Gasteiger partial charge in [0.05, 0.1) is 6.33 Å². The van der Waals surface area contributed by atoms with Crippen LogP contribution in [0.15, 0.2) is 67.3 Å². The first-order valence-electron chi connectivity index (χ1n) is 9.71. The Balaban J connectivity index is 1.42. The highest BCUT2D eigenvalue weighted by Crippen LogP contribution is 2.22. The van der Waals surface area contributed by atoms with Crippen molar-refractivity contribution in [2.45, 2.75) is 19.0 Å². The van der Waals surface area contributed by atoms with Crippen LogP contribution in [-0.2, 0) is 6.54 Å². The molecule has 2 heterocycles. The van der Waals surface area contributed by atoms with E-state index in [4.69, 9.17) is 0 Å². The maximum atomic E-state index is 12.8. The predicted octanol–water partition coefficient (Wildman–Crippen LogP) is 3.37. The summed E-state index contributed by atoms with van der Waals surface area (Å²) in [5.74, 6) is 0.131. The smallest absolute Gasteiger partial charge is 0.253 e. The van der Waals surface area contributed by atoms with Gasteiger partial charge in [-0.25, -0.2) is 4.98 Å². The molecule has 1 aliphatic heterocycles. The molecule has 0 N–H and O–H groups in total. The number of rotatable bonds is 5. The molecule has 0 aliphatic carbocycles. The number of hydrogen-bond donors (Lipinski definition) is 0. The minimum absolute atomic E-state index is 0.131. The number of aromatic nitrogens is 2. The molecule has 4 rings (SSSR count). The Morgan fingerprint density at radius 3 is 2.32 bits per heavy atom. The number of benzene rings is 2. The van der Waals surface area contributed by atoms with Gasteiger partial charge in [0.25, 0.3) is 5.91 Å². The zero-order chi connectivity index (χ0) is 19.5. The molecule has 0 radical (unpaired) electrons. The first kappa shape index (κ1) is 18.4. The zero-order valence-electron chi connectivity index (χ0n) is 16.5. The Hall–Kier alpha value is -2.92. The van der Waals surface area contributed by atoms with E-state index in [1.807, 2.05) is 41.7 Å². The number of likely N-dealkylation sites (N-methyl/N-ethyl adjacent to an activating group) is 1. The zero-order valence-corrected chi connectivity index (χ0v) is 16.5. The summed E-state index contributed by atoms with van der Waals surface area (Å²) in [4.78, 5) is 21.0. The Morgan fingerprint density at radius 1 is 1.07 bits per heavy atom. The highest BCUT2D eigenvalue weighted by molar-refractivity contribution is 5.95. The summed E-state index contributed by atoms with van der Waals surface area (Å²) in [5, 5.41) is 0. The van der Waals surface area contributed by atoms with Gasteiger partial charge in [0, 0.05) is 43.6 Å². The largest absolute Gasteiger partial charge is 0.337 e. The van der Waals surface area contributed by atoms with E-state index in [2.05, 4.69) is 52.8 Å². The summed E-state index contributed by atoms with van der Waals surface area (Å²) in [6.45, 7) is 2.46. The van der Waals surface area contributed by atoms with Crippen molar-refractivity contribution in [3.63, 3.8) is 0 Å². The molecular weight excluding hydrogens is 348 g/mol. The van der Waals surface area contributed by atoms with Crippen molar-refractivity contribution in [1.82, 2.24) is 19.4 Å². The van der Waals surface area contributed by atoms with Gasteiger partial charge in [-0.2, -0.15) is 0 Å². The Labute approximate surface area is 166 Å². The monoisotopic (exact) mass is 374 g/mol. The highest BCUT2D eigenvalue weighted by atomic mass is 16.2. The molecule has 144 valence electrons. The number of amides is 1. The van der Waals surface area contributed by atoms with Gasteiger partial charge in [-0.1, -0.05) is 36.4 Å². The van der Waals surface area contributed by atoms with Crippen LogP contribution in [0, 0.1) is 0 Å². The third-order valence-electron chi connectivity index (χ3n) is 5.52. The van der Waals surface area contributed by atoms with E-state index in [9.17, 15) is 4.79 Å². The van der Waals surface area contributed by atoms with Crippen LogP contribution >= 0.6 is 0 Å². The average molecular weight is 374 g/mol. The van der Waals surface area contributed by atoms with Crippen molar-refractivity contribution in [3.05, 3.63) is 78.4 Å². The van der Waals surface area contributed by atoms with Crippen LogP contribution in [0.2, 0.25) is 0 Å². The molecule has 0 bridgehead atoms. The molecule has 1 fully saturated rings. The fraction of sp³-hybridized carbons (Fsp3) is 0.304. The first-order chi connectivity index (χ1) is 13.6. The van der Waals surface area contributed by atoms with Gasteiger partial charge < -0.3 is 14.4 Å². The molecule has 1 aromatic heterocycles. The number of hydrogen-bond acceptors (Lipinski definition) is 3. The highest BCUT2D eigenvalue weighted by Gasteiger charge is 2.27. The van der Waals surface area contributed by atoms with Crippen LogP contribution < -0.4 is 0 Å². The third-order valence-corrected chi connectivity index (χ3v) is 5.52. The van der Waals surface area contributed by atoms with Crippen molar-refractivity contribution in [1.29, 1.82) is 0 Å². The van der Waals surface area contributed by atoms with E-state index in [0.717, 1.165) is 42.7 Å². The van der Waals surface area contributed by atoms with Crippen LogP contribution in [0.1, 0.15) is 22.3 Å². The van der Waals surface area contributed by atoms with Crippen molar-refractivity contribution in [3.8, 4) is 11.1 Å². The van der Waals surface area contributed by atoms with Gasteiger partial charge in [0.2, 0.25) is 0 Å². The molecule has 5 heteroatoms. The summed E-state index contributed by atoms with van der Waals surface area (Å²) in [6.07, 6.45) is 6.62. The van der Waals surface area contributed by atoms with E-state index in [1.165, 1.54) is 5.56 Å². The molecule has 1 atom stereocenters. The quantitative estimate of drug-likeness (QED) is 0.688. The van der Waals surface area contributed by atoms with Crippen LogP contribution in [0.3, 0.4) is 0 Å². The minimum atomic E-state index is 0.131. The average Bonchev–Trinajstić information content (AvgIpc) is 3.40. The lowest BCUT2D eigenvalue weighted by molar-refractivity contribution is 0.0783. The number of carbonyl (C=O) groups is 1. The van der Waals surface area contributed by atoms with E-state index in [1.54, 1.807) is 6.20 Å². The van der Waals surface area contributed by atoms with E-state index in [-0.39, 0.29) is 5.91 Å². The van der Waals surface area contributed by atoms with Gasteiger partial charge in [-0.05, 0) is 49.3 Å². The number of imidazole rings is 1. The van der Waals surface area contributed by atoms with Gasteiger partial charge in [-0.3, -0.25) is 4.79 Å². The van der Waals surface area contributed by atoms with Crippen LogP contribution in [0.5, 0.6) is 0 Å². The maximum Gasteiger partial charge on any atom is 0.253 e. The second kappa shape index (κ2) is 7.98. The van der Waals surface area contributed by atoms with Gasteiger partial charge >= 0.3 is 0 Å². The van der Waals surface area contributed by atoms with Crippen LogP contribution in [0.4, 0.5) is 0 Å². The molecule has 2 aromatic carbocycles. The SMILES string of the molecule is CN(C)[C@H]1CCN(C(=O)c2ccc(-c3ccc(Cn4ccnc4)cc3)cc2)C1. The van der Waals surface area contributed by atoms with Crippen molar-refractivity contribution in [2.24, 2.45) is 0 Å². The van der Waals surface area contributed by atoms with Crippen LogP contribution in [-0.4, -0.2) is 58.5 Å². The molecular formula is C23H26N4O. The standard InChI is InChI=1S/C23H26N4O/c1-25(2)22-11-13-27(16-22)23(28)21-9-7-20(8-10-21)19-5-3-18(4-6-19)15-26-14-12-24-17-26/h3-10,12,14,17,22H,11,13,15-16H2,1-2H3/t22-/m0/s1. The number of carbonyl (C=O) groups excluding carboxylic acids is 1. The molecule has 1 saturated heterocycles. The minimum Gasteiger partial charge on any atom is -0.337 e. The van der Waals surface area contributed by atoms with Gasteiger partial charge in [0.15, 0.2) is 0 Å². The summed E-state index contributed by atoms with van der Waals surface area (Å²) < 4.78 is 2.05. The van der Waals surface area contributed by atoms with Crippen LogP contribution in [0.25, 0.3) is 11.1 Å². The Bertz CT molecular complexity index is 914.